The highest BCUT2D eigenvalue weighted by atomic mass is 15.2. The lowest BCUT2D eigenvalue weighted by Gasteiger charge is -2.13. The minimum absolute atomic E-state index is 0.584. The van der Waals surface area contributed by atoms with Gasteiger partial charge in [-0.15, -0.1) is 0 Å². The van der Waals surface area contributed by atoms with E-state index in [1.54, 1.807) is 0 Å². The summed E-state index contributed by atoms with van der Waals surface area (Å²) < 4.78 is 4.47. The number of nitrogens with zero attached hydrogens (tertiary/aromatic N) is 6. The molecule has 50 heavy (non-hydrogen) atoms. The third-order valence-electron chi connectivity index (χ3n) is 9.99. The minimum atomic E-state index is 0.584. The number of fused-ring (bicyclic) bond motifs is 9. The maximum absolute atomic E-state index is 5.25. The maximum Gasteiger partial charge on any atom is 0.238 e. The first-order valence-electron chi connectivity index (χ1n) is 16.7. The summed E-state index contributed by atoms with van der Waals surface area (Å²) in [5, 5.41) is 7.13. The zero-order valence-corrected chi connectivity index (χ0v) is 26.7. The van der Waals surface area contributed by atoms with Crippen LogP contribution in [0.3, 0.4) is 0 Å². The molecule has 232 valence electrons. The largest absolute Gasteiger partial charge is 0.293 e. The molecule has 6 heteroatoms. The summed E-state index contributed by atoms with van der Waals surface area (Å²) in [6.45, 7) is 0. The number of pyridine rings is 1. The first kappa shape index (κ1) is 27.1. The van der Waals surface area contributed by atoms with Crippen molar-refractivity contribution >= 4 is 60.0 Å². The molecule has 6 nitrogen and oxygen atoms in total. The summed E-state index contributed by atoms with van der Waals surface area (Å²) in [6, 6.07) is 52.9. The van der Waals surface area contributed by atoms with Crippen LogP contribution in [-0.4, -0.2) is 28.9 Å². The lowest BCUT2D eigenvalue weighted by Crippen LogP contribution is -2.06. The highest BCUT2D eigenvalue weighted by Gasteiger charge is 2.21. The fourth-order valence-electron chi connectivity index (χ4n) is 7.83. The second kappa shape index (κ2) is 10.3. The van der Waals surface area contributed by atoms with Gasteiger partial charge in [0, 0.05) is 49.6 Å². The molecular formula is C44H26N6. The molecule has 0 aliphatic rings. The predicted molar refractivity (Wildman–Crippen MR) is 203 cm³/mol. The average molecular weight is 639 g/mol. The van der Waals surface area contributed by atoms with Gasteiger partial charge in [0.05, 0.1) is 22.1 Å². The van der Waals surface area contributed by atoms with Crippen LogP contribution in [0.5, 0.6) is 0 Å². The molecule has 11 rings (SSSR count). The Labute approximate surface area is 285 Å². The third-order valence-corrected chi connectivity index (χ3v) is 9.99. The number of benzene rings is 6. The maximum atomic E-state index is 5.25. The lowest BCUT2D eigenvalue weighted by atomic mass is 9.97. The molecule has 0 saturated carbocycles. The summed E-state index contributed by atoms with van der Waals surface area (Å²) in [7, 11) is 0. The zero-order chi connectivity index (χ0) is 32.8. The van der Waals surface area contributed by atoms with Gasteiger partial charge in [-0.2, -0.15) is 9.97 Å². The molecule has 11 aromatic rings. The van der Waals surface area contributed by atoms with Crippen molar-refractivity contribution in [3.8, 4) is 39.9 Å². The SMILES string of the molecule is c1ccc(-c2nc(-c3ccccc3-c3ccc4c(c3)c3cccc5c6cccnc6n4c35)nc(-n3c4ccccc4c4ccccc43)n2)cc1. The van der Waals surface area contributed by atoms with Gasteiger partial charge in [-0.1, -0.05) is 115 Å². The van der Waals surface area contributed by atoms with Crippen LogP contribution in [0.4, 0.5) is 0 Å². The van der Waals surface area contributed by atoms with Crippen molar-refractivity contribution in [1.82, 2.24) is 28.9 Å². The van der Waals surface area contributed by atoms with Crippen LogP contribution in [0.1, 0.15) is 0 Å². The van der Waals surface area contributed by atoms with Crippen molar-refractivity contribution < 1.29 is 0 Å². The Kier molecular flexibility index (Phi) is 5.57. The van der Waals surface area contributed by atoms with Gasteiger partial charge in [-0.3, -0.25) is 8.97 Å². The van der Waals surface area contributed by atoms with Gasteiger partial charge in [0.2, 0.25) is 5.95 Å². The molecule has 0 radical (unpaired) electrons. The molecule has 0 atom stereocenters. The second-order valence-electron chi connectivity index (χ2n) is 12.7. The Morgan fingerprint density at radius 2 is 1.04 bits per heavy atom. The van der Waals surface area contributed by atoms with E-state index in [4.69, 9.17) is 19.9 Å². The van der Waals surface area contributed by atoms with Gasteiger partial charge >= 0.3 is 0 Å². The number of hydrogen-bond donors (Lipinski definition) is 0. The topological polar surface area (TPSA) is 60.9 Å². The first-order chi connectivity index (χ1) is 24.8. The van der Waals surface area contributed by atoms with E-state index >= 15 is 0 Å². The highest BCUT2D eigenvalue weighted by Crippen LogP contribution is 2.41. The molecule has 0 aliphatic carbocycles. The van der Waals surface area contributed by atoms with E-state index in [1.165, 1.54) is 27.1 Å². The lowest BCUT2D eigenvalue weighted by molar-refractivity contribution is 0.953. The summed E-state index contributed by atoms with van der Waals surface area (Å²) >= 11 is 0. The van der Waals surface area contributed by atoms with Crippen LogP contribution in [0, 0.1) is 0 Å². The molecule has 0 amide bonds. The molecule has 6 aromatic carbocycles. The Morgan fingerprint density at radius 1 is 0.400 bits per heavy atom. The van der Waals surface area contributed by atoms with Crippen LogP contribution in [0.2, 0.25) is 0 Å². The van der Waals surface area contributed by atoms with Crippen molar-refractivity contribution in [2.75, 3.05) is 0 Å². The van der Waals surface area contributed by atoms with E-state index in [0.29, 0.717) is 17.6 Å². The molecule has 0 aliphatic heterocycles. The molecule has 5 aromatic heterocycles. The minimum Gasteiger partial charge on any atom is -0.293 e. The van der Waals surface area contributed by atoms with E-state index in [9.17, 15) is 0 Å². The van der Waals surface area contributed by atoms with E-state index in [-0.39, 0.29) is 0 Å². The molecule has 0 spiro atoms. The van der Waals surface area contributed by atoms with Gasteiger partial charge in [-0.25, -0.2) is 9.97 Å². The number of rotatable bonds is 4. The highest BCUT2D eigenvalue weighted by molar-refractivity contribution is 6.23. The van der Waals surface area contributed by atoms with Gasteiger partial charge in [0.1, 0.15) is 5.65 Å². The van der Waals surface area contributed by atoms with E-state index in [1.807, 2.05) is 30.5 Å². The quantitative estimate of drug-likeness (QED) is 0.192. The monoisotopic (exact) mass is 638 g/mol. The number of aromatic nitrogens is 6. The fourth-order valence-corrected chi connectivity index (χ4v) is 7.83. The van der Waals surface area contributed by atoms with Crippen LogP contribution in [-0.2, 0) is 0 Å². The molecule has 0 bridgehead atoms. The van der Waals surface area contributed by atoms with E-state index in [2.05, 4.69) is 136 Å². The van der Waals surface area contributed by atoms with Crippen molar-refractivity contribution in [2.45, 2.75) is 0 Å². The summed E-state index contributed by atoms with van der Waals surface area (Å²) in [4.78, 5) is 20.3. The normalized spacial score (nSPS) is 12.0. The Morgan fingerprint density at radius 3 is 1.84 bits per heavy atom. The van der Waals surface area contributed by atoms with Gasteiger partial charge in [0.15, 0.2) is 11.6 Å². The van der Waals surface area contributed by atoms with Gasteiger partial charge in [-0.05, 0) is 47.5 Å². The first-order valence-corrected chi connectivity index (χ1v) is 16.7. The summed E-state index contributed by atoms with van der Waals surface area (Å²) in [6.07, 6.45) is 1.87. The van der Waals surface area contributed by atoms with Crippen LogP contribution < -0.4 is 0 Å². The zero-order valence-electron chi connectivity index (χ0n) is 26.7. The van der Waals surface area contributed by atoms with Crippen molar-refractivity contribution in [1.29, 1.82) is 0 Å². The van der Waals surface area contributed by atoms with Gasteiger partial charge in [0.25, 0.3) is 0 Å². The van der Waals surface area contributed by atoms with Crippen molar-refractivity contribution in [3.63, 3.8) is 0 Å². The van der Waals surface area contributed by atoms with Crippen molar-refractivity contribution in [2.24, 2.45) is 0 Å². The van der Waals surface area contributed by atoms with E-state index in [0.717, 1.165) is 55.2 Å². The van der Waals surface area contributed by atoms with Gasteiger partial charge < -0.3 is 0 Å². The second-order valence-corrected chi connectivity index (χ2v) is 12.7. The number of para-hydroxylation sites is 3. The summed E-state index contributed by atoms with van der Waals surface area (Å²) in [5.41, 5.74) is 9.47. The van der Waals surface area contributed by atoms with Crippen molar-refractivity contribution in [3.05, 3.63) is 158 Å². The summed E-state index contributed by atoms with van der Waals surface area (Å²) in [5.74, 6) is 1.83. The smallest absolute Gasteiger partial charge is 0.238 e. The Bertz CT molecular complexity index is 3050. The molecule has 0 saturated heterocycles. The third kappa shape index (κ3) is 3.78. The standard InChI is InChI=1S/C44H26N6/c1-2-12-27(13-3-1)41-46-42(48-44(47-41)49-37-21-8-6-15-30(37)31-16-7-9-22-38(31)49)34-17-5-4-14-29(34)28-23-24-39-36(26-28)33-19-10-18-32-35-20-11-25-45-43(35)50(39)40(32)33/h1-26H. The van der Waals surface area contributed by atoms with Crippen LogP contribution in [0.25, 0.3) is 99.9 Å². The Balaban J connectivity index is 1.16. The van der Waals surface area contributed by atoms with Crippen LogP contribution >= 0.6 is 0 Å². The average Bonchev–Trinajstić information content (AvgIpc) is 3.83. The number of hydrogen-bond acceptors (Lipinski definition) is 4. The predicted octanol–water partition coefficient (Wildman–Crippen LogP) is 10.5. The Hall–Kier alpha value is -6.92. The molecular weight excluding hydrogens is 613 g/mol. The molecule has 0 N–H and O–H groups in total. The van der Waals surface area contributed by atoms with Crippen LogP contribution in [0.15, 0.2) is 158 Å². The molecule has 0 fully saturated rings. The molecule has 0 unspecified atom stereocenters. The van der Waals surface area contributed by atoms with E-state index < -0.39 is 0 Å². The fraction of sp³-hybridized carbons (Fsp3) is 0. The molecule has 5 heterocycles.